The molecule has 0 aliphatic carbocycles. The molecule has 0 atom stereocenters. The molecule has 7 nitrogen and oxygen atoms in total. The first-order valence-corrected chi connectivity index (χ1v) is 6.85. The molecular formula is C13H11BrN6O. The SMILES string of the molecule is Brc1cnc2[nH]ccc2n1.COc1cnc2[nH]ccc2n1. The van der Waals surface area contributed by atoms with Crippen molar-refractivity contribution in [2.45, 2.75) is 0 Å². The number of H-pyrrole nitrogens is 2. The minimum Gasteiger partial charge on any atom is -0.480 e. The van der Waals surface area contributed by atoms with Gasteiger partial charge in [-0.25, -0.2) is 19.9 Å². The Morgan fingerprint density at radius 2 is 1.57 bits per heavy atom. The maximum atomic E-state index is 4.90. The first-order valence-electron chi connectivity index (χ1n) is 6.06. The number of nitrogens with zero attached hydrogens (tertiary/aromatic N) is 4. The lowest BCUT2D eigenvalue weighted by Crippen LogP contribution is -1.88. The number of ether oxygens (including phenoxy) is 1. The number of nitrogens with one attached hydrogen (secondary N) is 2. The van der Waals surface area contributed by atoms with Crippen LogP contribution < -0.4 is 4.74 Å². The molecule has 4 aromatic heterocycles. The summed E-state index contributed by atoms with van der Waals surface area (Å²) < 4.78 is 5.67. The van der Waals surface area contributed by atoms with Crippen LogP contribution >= 0.6 is 15.9 Å². The highest BCUT2D eigenvalue weighted by atomic mass is 79.9. The Hall–Kier alpha value is -2.48. The number of hydrogen-bond acceptors (Lipinski definition) is 5. The summed E-state index contributed by atoms with van der Waals surface area (Å²) in [5.74, 6) is 0.539. The summed E-state index contributed by atoms with van der Waals surface area (Å²) in [6.45, 7) is 0. The first kappa shape index (κ1) is 13.5. The van der Waals surface area contributed by atoms with Gasteiger partial charge in [0.05, 0.1) is 19.5 Å². The summed E-state index contributed by atoms with van der Waals surface area (Å²) in [4.78, 5) is 22.3. The van der Waals surface area contributed by atoms with Crippen molar-refractivity contribution in [3.05, 3.63) is 41.5 Å². The van der Waals surface area contributed by atoms with Crippen molar-refractivity contribution in [2.24, 2.45) is 0 Å². The van der Waals surface area contributed by atoms with Crippen LogP contribution in [0.2, 0.25) is 0 Å². The fourth-order valence-electron chi connectivity index (χ4n) is 1.72. The van der Waals surface area contributed by atoms with Crippen molar-refractivity contribution in [3.8, 4) is 5.88 Å². The van der Waals surface area contributed by atoms with Gasteiger partial charge in [-0.3, -0.25) is 0 Å². The van der Waals surface area contributed by atoms with Gasteiger partial charge in [-0.1, -0.05) is 0 Å². The lowest BCUT2D eigenvalue weighted by Gasteiger charge is -1.95. The van der Waals surface area contributed by atoms with Crippen LogP contribution in [0.3, 0.4) is 0 Å². The summed E-state index contributed by atoms with van der Waals surface area (Å²) in [6.07, 6.45) is 6.86. The van der Waals surface area contributed by atoms with Crippen LogP contribution in [0.1, 0.15) is 0 Å². The number of aromatic amines is 2. The quantitative estimate of drug-likeness (QED) is 0.552. The van der Waals surface area contributed by atoms with Crippen molar-refractivity contribution >= 4 is 38.3 Å². The molecule has 106 valence electrons. The van der Waals surface area contributed by atoms with Crippen LogP contribution in [0.5, 0.6) is 5.88 Å². The van der Waals surface area contributed by atoms with Crippen molar-refractivity contribution < 1.29 is 4.74 Å². The zero-order valence-corrected chi connectivity index (χ0v) is 12.6. The van der Waals surface area contributed by atoms with E-state index in [9.17, 15) is 0 Å². The number of methoxy groups -OCH3 is 1. The van der Waals surface area contributed by atoms with Crippen LogP contribution in [0.15, 0.2) is 41.5 Å². The Morgan fingerprint density at radius 3 is 2.24 bits per heavy atom. The molecule has 2 N–H and O–H groups in total. The molecule has 0 fully saturated rings. The Morgan fingerprint density at radius 1 is 0.952 bits per heavy atom. The van der Waals surface area contributed by atoms with Crippen LogP contribution in [0.25, 0.3) is 22.3 Å². The minimum absolute atomic E-state index is 0.539. The van der Waals surface area contributed by atoms with E-state index in [-0.39, 0.29) is 0 Å². The average Bonchev–Trinajstić information content (AvgIpc) is 3.15. The highest BCUT2D eigenvalue weighted by Crippen LogP contribution is 2.11. The second-order valence-corrected chi connectivity index (χ2v) is 4.84. The molecule has 4 rings (SSSR count). The van der Waals surface area contributed by atoms with E-state index in [1.807, 2.05) is 18.3 Å². The molecule has 4 aromatic rings. The highest BCUT2D eigenvalue weighted by Gasteiger charge is 1.98. The van der Waals surface area contributed by atoms with E-state index >= 15 is 0 Å². The second kappa shape index (κ2) is 5.88. The van der Waals surface area contributed by atoms with Gasteiger partial charge in [0.15, 0.2) is 11.3 Å². The van der Waals surface area contributed by atoms with Gasteiger partial charge < -0.3 is 14.7 Å². The van der Waals surface area contributed by atoms with Gasteiger partial charge in [0.2, 0.25) is 5.88 Å². The van der Waals surface area contributed by atoms with Crippen molar-refractivity contribution in [2.75, 3.05) is 7.11 Å². The van der Waals surface area contributed by atoms with E-state index in [2.05, 4.69) is 45.8 Å². The number of halogens is 1. The summed E-state index contributed by atoms with van der Waals surface area (Å²) in [7, 11) is 1.57. The van der Waals surface area contributed by atoms with Gasteiger partial charge in [0.25, 0.3) is 0 Å². The summed E-state index contributed by atoms with van der Waals surface area (Å²) >= 11 is 3.23. The fourth-order valence-corrected chi connectivity index (χ4v) is 2.01. The maximum Gasteiger partial charge on any atom is 0.232 e. The molecule has 0 spiro atoms. The summed E-state index contributed by atoms with van der Waals surface area (Å²) in [6, 6.07) is 3.73. The lowest BCUT2D eigenvalue weighted by atomic mass is 10.5. The van der Waals surface area contributed by atoms with Gasteiger partial charge in [0.1, 0.15) is 15.6 Å². The fraction of sp³-hybridized carbons (Fsp3) is 0.0769. The minimum atomic E-state index is 0.539. The largest absolute Gasteiger partial charge is 0.480 e. The molecule has 21 heavy (non-hydrogen) atoms. The van der Waals surface area contributed by atoms with E-state index in [0.29, 0.717) is 5.88 Å². The Labute approximate surface area is 128 Å². The molecule has 4 heterocycles. The molecule has 0 amide bonds. The Bertz CT molecular complexity index is 871. The van der Waals surface area contributed by atoms with Crippen molar-refractivity contribution in [3.63, 3.8) is 0 Å². The topological polar surface area (TPSA) is 92.4 Å². The predicted octanol–water partition coefficient (Wildman–Crippen LogP) is 2.69. The Balaban J connectivity index is 0.000000126. The molecule has 0 aliphatic heterocycles. The van der Waals surface area contributed by atoms with Crippen molar-refractivity contribution in [1.29, 1.82) is 0 Å². The third kappa shape index (κ3) is 3.00. The first-order chi connectivity index (χ1) is 10.3. The zero-order chi connectivity index (χ0) is 14.7. The summed E-state index contributed by atoms with van der Waals surface area (Å²) in [5.41, 5.74) is 3.31. The molecule has 0 aromatic carbocycles. The van der Waals surface area contributed by atoms with E-state index in [1.165, 1.54) is 0 Å². The Kier molecular flexibility index (Phi) is 3.78. The molecule has 0 saturated heterocycles. The van der Waals surface area contributed by atoms with Crippen LogP contribution in [-0.2, 0) is 0 Å². The number of hydrogen-bond donors (Lipinski definition) is 2. The van der Waals surface area contributed by atoms with Crippen LogP contribution in [0, 0.1) is 0 Å². The third-order valence-corrected chi connectivity index (χ3v) is 3.06. The lowest BCUT2D eigenvalue weighted by molar-refractivity contribution is 0.397. The zero-order valence-electron chi connectivity index (χ0n) is 11.0. The van der Waals surface area contributed by atoms with Gasteiger partial charge >= 0.3 is 0 Å². The highest BCUT2D eigenvalue weighted by molar-refractivity contribution is 9.10. The number of rotatable bonds is 1. The maximum absolute atomic E-state index is 4.90. The van der Waals surface area contributed by atoms with Crippen LogP contribution in [0.4, 0.5) is 0 Å². The second-order valence-electron chi connectivity index (χ2n) is 4.03. The van der Waals surface area contributed by atoms with E-state index in [0.717, 1.165) is 26.9 Å². The van der Waals surface area contributed by atoms with E-state index in [4.69, 9.17) is 4.74 Å². The normalized spacial score (nSPS) is 10.4. The molecule has 0 aliphatic rings. The third-order valence-electron chi connectivity index (χ3n) is 2.68. The van der Waals surface area contributed by atoms with Gasteiger partial charge in [-0.2, -0.15) is 0 Å². The van der Waals surface area contributed by atoms with Gasteiger partial charge in [-0.15, -0.1) is 0 Å². The average molecular weight is 347 g/mol. The van der Waals surface area contributed by atoms with Gasteiger partial charge in [-0.05, 0) is 28.1 Å². The predicted molar refractivity (Wildman–Crippen MR) is 82.0 cm³/mol. The standard InChI is InChI=1S/C7H7N3O.C6H4BrN3/c1-11-6-4-9-7-5(10-6)2-3-8-7;7-5-3-9-6-4(10-5)1-2-8-6/h2-4H,1H3,(H,8,9);1-3H,(H,8,9). The molecule has 0 radical (unpaired) electrons. The molecule has 8 heteroatoms. The smallest absolute Gasteiger partial charge is 0.232 e. The van der Waals surface area contributed by atoms with Crippen LogP contribution in [-0.4, -0.2) is 37.0 Å². The van der Waals surface area contributed by atoms with Gasteiger partial charge in [0, 0.05) is 12.4 Å². The van der Waals surface area contributed by atoms with E-state index < -0.39 is 0 Å². The van der Waals surface area contributed by atoms with Crippen molar-refractivity contribution in [1.82, 2.24) is 29.9 Å². The number of aromatic nitrogens is 6. The monoisotopic (exact) mass is 346 g/mol. The van der Waals surface area contributed by atoms with E-state index in [1.54, 1.807) is 25.7 Å². The summed E-state index contributed by atoms with van der Waals surface area (Å²) in [5, 5.41) is 0. The number of fused-ring (bicyclic) bond motifs is 2. The molecule has 0 bridgehead atoms. The molecular weight excluding hydrogens is 336 g/mol. The molecule has 0 unspecified atom stereocenters. The molecule has 0 saturated carbocycles.